The zero-order valence-corrected chi connectivity index (χ0v) is 16.7. The summed E-state index contributed by atoms with van der Waals surface area (Å²) in [6, 6.07) is 0. The zero-order chi connectivity index (χ0) is 16.8. The molecule has 0 saturated heterocycles. The fraction of sp³-hybridized carbons (Fsp3) is 1.00. The molecule has 0 amide bonds. The Morgan fingerprint density at radius 3 is 0.900 bits per heavy atom. The Morgan fingerprint density at radius 1 is 0.500 bits per heavy atom. The van der Waals surface area contributed by atoms with E-state index in [-0.39, 0.29) is 21.9 Å². The molecular formula is C19H41N. The molecule has 0 bridgehead atoms. The van der Waals surface area contributed by atoms with Gasteiger partial charge in [-0.3, -0.25) is 4.90 Å². The molecule has 20 heavy (non-hydrogen) atoms. The predicted molar refractivity (Wildman–Crippen MR) is 93.2 cm³/mol. The third kappa shape index (κ3) is 4.23. The molecule has 0 aromatic heterocycles. The third-order valence-electron chi connectivity index (χ3n) is 5.65. The summed E-state index contributed by atoms with van der Waals surface area (Å²) in [7, 11) is 0. The molecule has 1 nitrogen and oxygen atoms in total. The van der Waals surface area contributed by atoms with Gasteiger partial charge in [-0.25, -0.2) is 0 Å². The highest BCUT2D eigenvalue weighted by Gasteiger charge is 2.49. The molecule has 0 aliphatic heterocycles. The molecule has 0 rings (SSSR count). The summed E-state index contributed by atoms with van der Waals surface area (Å²) in [5, 5.41) is 0. The van der Waals surface area contributed by atoms with E-state index >= 15 is 0 Å². The quantitative estimate of drug-likeness (QED) is 0.615. The molecule has 0 aromatic rings. The minimum atomic E-state index is 0.136. The largest absolute Gasteiger partial charge is 0.292 e. The van der Waals surface area contributed by atoms with Crippen LogP contribution in [0, 0.1) is 16.2 Å². The summed E-state index contributed by atoms with van der Waals surface area (Å²) >= 11 is 0. The molecule has 0 heterocycles. The molecule has 0 radical (unpaired) electrons. The molecule has 0 N–H and O–H groups in total. The van der Waals surface area contributed by atoms with Crippen molar-refractivity contribution in [3.8, 4) is 0 Å². The number of hydrogen-bond acceptors (Lipinski definition) is 1. The van der Waals surface area contributed by atoms with Gasteiger partial charge in [0.25, 0.3) is 0 Å². The van der Waals surface area contributed by atoms with E-state index in [0.717, 1.165) is 6.54 Å². The van der Waals surface area contributed by atoms with Crippen molar-refractivity contribution in [2.24, 2.45) is 16.2 Å². The second-order valence-electron chi connectivity index (χ2n) is 10.8. The first-order chi connectivity index (χ1) is 8.34. The lowest BCUT2D eigenvalue weighted by Gasteiger charge is -2.60. The lowest BCUT2D eigenvalue weighted by molar-refractivity contribution is -0.105. The Bertz CT molecular complexity index is 289. The van der Waals surface area contributed by atoms with Crippen molar-refractivity contribution in [1.29, 1.82) is 0 Å². The summed E-state index contributed by atoms with van der Waals surface area (Å²) in [6.07, 6.45) is 0. The van der Waals surface area contributed by atoms with E-state index in [4.69, 9.17) is 0 Å². The van der Waals surface area contributed by atoms with Crippen molar-refractivity contribution >= 4 is 0 Å². The molecule has 0 fully saturated rings. The van der Waals surface area contributed by atoms with E-state index in [0.29, 0.717) is 5.41 Å². The van der Waals surface area contributed by atoms with Gasteiger partial charge in [-0.05, 0) is 43.9 Å². The predicted octanol–water partition coefficient (Wildman–Crippen LogP) is 5.98. The van der Waals surface area contributed by atoms with Gasteiger partial charge in [0.1, 0.15) is 0 Å². The van der Waals surface area contributed by atoms with Crippen LogP contribution in [0.4, 0.5) is 0 Å². The van der Waals surface area contributed by atoms with Gasteiger partial charge in [0.05, 0.1) is 0 Å². The fourth-order valence-electron chi connectivity index (χ4n) is 2.38. The van der Waals surface area contributed by atoms with Crippen LogP contribution in [0.25, 0.3) is 0 Å². The molecule has 0 atom stereocenters. The van der Waals surface area contributed by atoms with Gasteiger partial charge >= 0.3 is 0 Å². The highest BCUT2D eigenvalue weighted by atomic mass is 15.3. The lowest BCUT2D eigenvalue weighted by atomic mass is 9.67. The summed E-state index contributed by atoms with van der Waals surface area (Å²) in [5.41, 5.74) is 1.04. The van der Waals surface area contributed by atoms with Crippen molar-refractivity contribution in [2.75, 3.05) is 6.54 Å². The second kappa shape index (κ2) is 5.30. The van der Waals surface area contributed by atoms with Gasteiger partial charge in [0, 0.05) is 17.6 Å². The summed E-state index contributed by atoms with van der Waals surface area (Å²) in [4.78, 5) is 2.75. The van der Waals surface area contributed by atoms with E-state index in [9.17, 15) is 0 Å². The van der Waals surface area contributed by atoms with E-state index < -0.39 is 0 Å². The van der Waals surface area contributed by atoms with Crippen LogP contribution in [-0.4, -0.2) is 22.5 Å². The highest BCUT2D eigenvalue weighted by Crippen LogP contribution is 2.46. The summed E-state index contributed by atoms with van der Waals surface area (Å²) < 4.78 is 0. The zero-order valence-electron chi connectivity index (χ0n) is 16.7. The lowest BCUT2D eigenvalue weighted by Crippen LogP contribution is -2.66. The molecule has 0 aliphatic rings. The monoisotopic (exact) mass is 283 g/mol. The maximum atomic E-state index is 2.75. The smallest absolute Gasteiger partial charge is 0.0207 e. The summed E-state index contributed by atoms with van der Waals surface area (Å²) in [6.45, 7) is 32.0. The highest BCUT2D eigenvalue weighted by molar-refractivity contribution is 5.04. The molecule has 0 unspecified atom stereocenters. The Labute approximate surface area is 129 Å². The molecule has 0 aromatic carbocycles. The van der Waals surface area contributed by atoms with Crippen LogP contribution >= 0.6 is 0 Å². The summed E-state index contributed by atoms with van der Waals surface area (Å²) in [5.74, 6) is 0. The SMILES string of the molecule is CC(C)(C)CN(C(C)(C)C(C)(C)C)C(C)(C)C(C)(C)C. The van der Waals surface area contributed by atoms with Crippen molar-refractivity contribution < 1.29 is 0 Å². The van der Waals surface area contributed by atoms with E-state index in [2.05, 4.69) is 94.9 Å². The van der Waals surface area contributed by atoms with Gasteiger partial charge in [0.15, 0.2) is 0 Å². The third-order valence-corrected chi connectivity index (χ3v) is 5.65. The Kier molecular flexibility index (Phi) is 5.29. The molecule has 0 aliphatic carbocycles. The van der Waals surface area contributed by atoms with Crippen LogP contribution in [0.2, 0.25) is 0 Å². The molecule has 0 spiro atoms. The number of rotatable bonds is 3. The van der Waals surface area contributed by atoms with Crippen molar-refractivity contribution in [3.63, 3.8) is 0 Å². The van der Waals surface area contributed by atoms with Crippen molar-refractivity contribution in [2.45, 2.75) is 101 Å². The molecule has 122 valence electrons. The van der Waals surface area contributed by atoms with E-state index in [1.165, 1.54) is 0 Å². The second-order valence-corrected chi connectivity index (χ2v) is 10.8. The number of nitrogens with zero attached hydrogens (tertiary/aromatic N) is 1. The Morgan fingerprint density at radius 2 is 0.750 bits per heavy atom. The van der Waals surface area contributed by atoms with Crippen molar-refractivity contribution in [3.05, 3.63) is 0 Å². The van der Waals surface area contributed by atoms with Crippen LogP contribution in [-0.2, 0) is 0 Å². The van der Waals surface area contributed by atoms with Crippen molar-refractivity contribution in [1.82, 2.24) is 4.90 Å². The van der Waals surface area contributed by atoms with Crippen LogP contribution in [0.5, 0.6) is 0 Å². The first-order valence-corrected chi connectivity index (χ1v) is 8.12. The molecular weight excluding hydrogens is 242 g/mol. The first-order valence-electron chi connectivity index (χ1n) is 8.12. The van der Waals surface area contributed by atoms with E-state index in [1.807, 2.05) is 0 Å². The average molecular weight is 284 g/mol. The fourth-order valence-corrected chi connectivity index (χ4v) is 2.38. The van der Waals surface area contributed by atoms with Gasteiger partial charge in [-0.15, -0.1) is 0 Å². The van der Waals surface area contributed by atoms with Gasteiger partial charge in [-0.1, -0.05) is 62.3 Å². The van der Waals surface area contributed by atoms with Crippen LogP contribution in [0.3, 0.4) is 0 Å². The first kappa shape index (κ1) is 20.0. The van der Waals surface area contributed by atoms with Crippen LogP contribution in [0.1, 0.15) is 90.0 Å². The van der Waals surface area contributed by atoms with Gasteiger partial charge in [-0.2, -0.15) is 0 Å². The Hall–Kier alpha value is -0.0400. The van der Waals surface area contributed by atoms with E-state index in [1.54, 1.807) is 0 Å². The maximum absolute atomic E-state index is 2.75. The normalized spacial score (nSPS) is 15.9. The van der Waals surface area contributed by atoms with Crippen LogP contribution < -0.4 is 0 Å². The molecule has 1 heteroatoms. The van der Waals surface area contributed by atoms with Gasteiger partial charge in [0.2, 0.25) is 0 Å². The maximum Gasteiger partial charge on any atom is 0.0207 e. The topological polar surface area (TPSA) is 3.24 Å². The standard InChI is InChI=1S/C19H41N/c1-15(2,3)14-20(18(10,11)16(4,5)6)19(12,13)17(7,8)9/h14H2,1-13H3. The average Bonchev–Trinajstić information content (AvgIpc) is 2.08. The Balaban J connectivity index is 5.89. The molecule has 0 saturated carbocycles. The van der Waals surface area contributed by atoms with Gasteiger partial charge < -0.3 is 0 Å². The minimum Gasteiger partial charge on any atom is -0.292 e. The number of hydrogen-bond donors (Lipinski definition) is 0. The minimum absolute atomic E-state index is 0.136. The van der Waals surface area contributed by atoms with Crippen LogP contribution in [0.15, 0.2) is 0 Å².